The Morgan fingerprint density at radius 2 is 1.66 bits per heavy atom. The molecule has 0 atom stereocenters. The number of likely N-dealkylation sites (tertiary alicyclic amines) is 1. The molecule has 1 aromatic heterocycles. The van der Waals surface area contributed by atoms with Gasteiger partial charge in [-0.05, 0) is 56.2 Å². The smallest absolute Gasteiger partial charge is 0.196 e. The summed E-state index contributed by atoms with van der Waals surface area (Å²) in [5, 5.41) is 10.4. The van der Waals surface area contributed by atoms with Crippen LogP contribution in [0.25, 0.3) is 5.70 Å². The van der Waals surface area contributed by atoms with Crippen molar-refractivity contribution in [2.45, 2.75) is 51.6 Å². The second-order valence-electron chi connectivity index (χ2n) is 11.2. The van der Waals surface area contributed by atoms with Crippen LogP contribution in [-0.4, -0.2) is 46.0 Å². The van der Waals surface area contributed by atoms with E-state index < -0.39 is 0 Å². The van der Waals surface area contributed by atoms with Crippen molar-refractivity contribution in [1.29, 1.82) is 0 Å². The number of benzene rings is 2. The average Bonchev–Trinajstić information content (AvgIpc) is 3.35. The highest BCUT2D eigenvalue weighted by atomic mass is 15.3. The first kappa shape index (κ1) is 28.0. The maximum absolute atomic E-state index is 6.02. The average molecular weight is 552 g/mol. The first-order valence-corrected chi connectivity index (χ1v) is 14.2. The Balaban J connectivity index is 1.07. The molecule has 2 aliphatic rings. The lowest BCUT2D eigenvalue weighted by Gasteiger charge is -2.41. The maximum Gasteiger partial charge on any atom is 0.196 e. The number of nitrogen functional groups attached to an aromatic ring is 2. The number of piperidine rings is 1. The highest BCUT2D eigenvalue weighted by Crippen LogP contribution is 2.27. The van der Waals surface area contributed by atoms with Crippen LogP contribution in [0.15, 0.2) is 72.5 Å². The van der Waals surface area contributed by atoms with Gasteiger partial charge in [-0.3, -0.25) is 4.99 Å². The number of anilines is 2. The van der Waals surface area contributed by atoms with Gasteiger partial charge < -0.3 is 32.3 Å². The molecule has 2 aliphatic heterocycles. The van der Waals surface area contributed by atoms with Crippen LogP contribution in [0.3, 0.4) is 0 Å². The van der Waals surface area contributed by atoms with Crippen LogP contribution >= 0.6 is 0 Å². The number of aromatic nitrogens is 2. The summed E-state index contributed by atoms with van der Waals surface area (Å²) in [4.78, 5) is 15.6. The van der Waals surface area contributed by atoms with Crippen molar-refractivity contribution in [3.05, 3.63) is 101 Å². The van der Waals surface area contributed by atoms with Gasteiger partial charge in [-0.2, -0.15) is 0 Å². The Hall–Kier alpha value is -4.53. The molecule has 0 unspecified atom stereocenters. The Kier molecular flexibility index (Phi) is 8.14. The number of aryl methyl sites for hydroxylation is 4. The van der Waals surface area contributed by atoms with Crippen molar-refractivity contribution in [2.24, 2.45) is 4.99 Å². The second-order valence-corrected chi connectivity index (χ2v) is 11.2. The fourth-order valence-corrected chi connectivity index (χ4v) is 5.34. The lowest BCUT2D eigenvalue weighted by Crippen LogP contribution is -2.55. The summed E-state index contributed by atoms with van der Waals surface area (Å²) >= 11 is 0. The summed E-state index contributed by atoms with van der Waals surface area (Å²) in [7, 11) is 0. The molecule has 0 amide bonds. The first-order valence-electron chi connectivity index (χ1n) is 14.2. The Morgan fingerprint density at radius 1 is 0.951 bits per heavy atom. The monoisotopic (exact) mass is 551 g/mol. The molecule has 214 valence electrons. The lowest BCUT2D eigenvalue weighted by atomic mass is 9.88. The van der Waals surface area contributed by atoms with Crippen molar-refractivity contribution in [3.63, 3.8) is 0 Å². The summed E-state index contributed by atoms with van der Waals surface area (Å²) in [5.74, 6) is 2.20. The summed E-state index contributed by atoms with van der Waals surface area (Å²) in [6.45, 7) is 15.6. The number of guanidine groups is 1. The molecular formula is C32H41N9. The quantitative estimate of drug-likeness (QED) is 0.273. The lowest BCUT2D eigenvalue weighted by molar-refractivity contribution is 0.184. The molecule has 0 radical (unpaired) electrons. The van der Waals surface area contributed by atoms with Crippen LogP contribution in [-0.2, 0) is 19.4 Å². The zero-order valence-corrected chi connectivity index (χ0v) is 24.1. The van der Waals surface area contributed by atoms with E-state index in [4.69, 9.17) is 16.5 Å². The number of nitrogens with two attached hydrogens (primary N) is 2. The number of hydrogen-bond donors (Lipinski definition) is 5. The summed E-state index contributed by atoms with van der Waals surface area (Å²) < 4.78 is 0. The van der Waals surface area contributed by atoms with Gasteiger partial charge in [-0.1, -0.05) is 67.3 Å². The van der Waals surface area contributed by atoms with E-state index in [1.807, 2.05) is 0 Å². The van der Waals surface area contributed by atoms with Crippen LogP contribution < -0.4 is 27.4 Å². The molecule has 1 saturated heterocycles. The van der Waals surface area contributed by atoms with Gasteiger partial charge in [-0.15, -0.1) is 0 Å². The van der Waals surface area contributed by atoms with Crippen molar-refractivity contribution in [3.8, 4) is 0 Å². The largest absolute Gasteiger partial charge is 0.382 e. The normalized spacial score (nSPS) is 15.8. The molecule has 3 aromatic rings. The summed E-state index contributed by atoms with van der Waals surface area (Å²) in [6.07, 6.45) is 3.98. The van der Waals surface area contributed by atoms with Crippen molar-refractivity contribution in [2.75, 3.05) is 31.1 Å². The highest BCUT2D eigenvalue weighted by molar-refractivity contribution is 5.91. The molecule has 41 heavy (non-hydrogen) atoms. The molecular weight excluding hydrogens is 510 g/mol. The van der Waals surface area contributed by atoms with Gasteiger partial charge in [0.1, 0.15) is 11.5 Å². The number of rotatable bonds is 9. The third-order valence-corrected chi connectivity index (χ3v) is 8.03. The minimum atomic E-state index is -0.0839. The molecule has 0 saturated carbocycles. The maximum atomic E-state index is 6.02. The van der Waals surface area contributed by atoms with E-state index in [9.17, 15) is 0 Å². The fraction of sp³-hybridized carbons (Fsp3) is 0.344. The van der Waals surface area contributed by atoms with E-state index in [-0.39, 0.29) is 11.4 Å². The zero-order valence-electron chi connectivity index (χ0n) is 24.1. The van der Waals surface area contributed by atoms with E-state index in [1.165, 1.54) is 22.3 Å². The number of nitrogens with zero attached hydrogens (tertiary/aromatic N) is 4. The van der Waals surface area contributed by atoms with Crippen molar-refractivity contribution >= 4 is 23.3 Å². The Labute approximate surface area is 242 Å². The van der Waals surface area contributed by atoms with Gasteiger partial charge in [0.25, 0.3) is 0 Å². The van der Waals surface area contributed by atoms with Crippen molar-refractivity contribution < 1.29 is 0 Å². The molecule has 1 spiro atoms. The van der Waals surface area contributed by atoms with Gasteiger partial charge in [0.15, 0.2) is 11.8 Å². The van der Waals surface area contributed by atoms with Crippen molar-refractivity contribution in [1.82, 2.24) is 30.8 Å². The molecule has 0 bridgehead atoms. The predicted molar refractivity (Wildman–Crippen MR) is 168 cm³/mol. The van der Waals surface area contributed by atoms with Gasteiger partial charge >= 0.3 is 0 Å². The second kappa shape index (κ2) is 11.9. The molecule has 9 heteroatoms. The van der Waals surface area contributed by atoms with E-state index in [0.29, 0.717) is 35.4 Å². The summed E-state index contributed by atoms with van der Waals surface area (Å²) in [5.41, 5.74) is 18.7. The third-order valence-electron chi connectivity index (χ3n) is 8.03. The third kappa shape index (κ3) is 6.80. The molecule has 3 heterocycles. The predicted octanol–water partition coefficient (Wildman–Crippen LogP) is 3.66. The number of nitrogens with one attached hydrogen (secondary N) is 3. The molecule has 5 rings (SSSR count). The van der Waals surface area contributed by atoms with Gasteiger partial charge in [0.2, 0.25) is 0 Å². The van der Waals surface area contributed by atoms with Crippen LogP contribution in [0.1, 0.15) is 46.5 Å². The first-order chi connectivity index (χ1) is 19.7. The molecule has 0 aliphatic carbocycles. The van der Waals surface area contributed by atoms with Gasteiger partial charge in [0.05, 0.1) is 29.3 Å². The van der Waals surface area contributed by atoms with Gasteiger partial charge in [0, 0.05) is 19.6 Å². The van der Waals surface area contributed by atoms with E-state index in [2.05, 4.69) is 99.4 Å². The fourth-order valence-electron chi connectivity index (χ4n) is 5.34. The van der Waals surface area contributed by atoms with E-state index in [1.54, 1.807) is 6.92 Å². The Bertz CT molecular complexity index is 1450. The number of aliphatic imine (C=N–C) groups is 1. The van der Waals surface area contributed by atoms with Crippen LogP contribution in [0, 0.1) is 13.8 Å². The molecule has 2 aromatic carbocycles. The highest BCUT2D eigenvalue weighted by Gasteiger charge is 2.39. The van der Waals surface area contributed by atoms with Crippen LogP contribution in [0.5, 0.6) is 0 Å². The van der Waals surface area contributed by atoms with Crippen LogP contribution in [0.2, 0.25) is 0 Å². The van der Waals surface area contributed by atoms with Gasteiger partial charge in [-0.25, -0.2) is 9.97 Å². The van der Waals surface area contributed by atoms with E-state index in [0.717, 1.165) is 51.1 Å². The minimum absolute atomic E-state index is 0.0839. The molecule has 1 fully saturated rings. The standard InChI is InChI=1S/C32H41N9/c1-21-8-10-25(11-9-21)12-13-26-6-5-7-27(18-26)19-35-24(4)41-16-14-32(15-17-41)20-36-31(40-32)38-22(2)28-30(34)39-29(33)23(3)37-28/h5-11,18,35H,2,4,12-17,19-20H2,1,3H3,(H4,33,34,39)(H2,36,38,40). The summed E-state index contributed by atoms with van der Waals surface area (Å²) in [6, 6.07) is 17.7. The topological polar surface area (TPSA) is 130 Å². The van der Waals surface area contributed by atoms with Crippen LogP contribution in [0.4, 0.5) is 11.6 Å². The Morgan fingerprint density at radius 3 is 2.41 bits per heavy atom. The SMILES string of the molecule is C=C(NC1=NCC2(CCN(C(=C)NCc3cccc(CCc4ccc(C)cc4)c3)CC2)N1)c1nc(C)c(N)nc1N. The van der Waals surface area contributed by atoms with E-state index >= 15 is 0 Å². The number of hydrogen-bond acceptors (Lipinski definition) is 9. The zero-order chi connectivity index (χ0) is 29.0. The molecule has 7 N–H and O–H groups in total. The minimum Gasteiger partial charge on any atom is -0.382 e. The molecule has 9 nitrogen and oxygen atoms in total.